The third kappa shape index (κ3) is 9.05. The van der Waals surface area contributed by atoms with Gasteiger partial charge in [-0.1, -0.05) is 30.3 Å². The molecule has 0 aliphatic carbocycles. The summed E-state index contributed by atoms with van der Waals surface area (Å²) in [5.74, 6) is -0.924. The number of aromatic nitrogens is 1. The highest BCUT2D eigenvalue weighted by Gasteiger charge is 2.22. The highest BCUT2D eigenvalue weighted by Crippen LogP contribution is 2.24. The van der Waals surface area contributed by atoms with Crippen molar-refractivity contribution in [1.82, 2.24) is 15.0 Å². The molecule has 0 bridgehead atoms. The van der Waals surface area contributed by atoms with E-state index in [0.717, 1.165) is 5.56 Å². The van der Waals surface area contributed by atoms with Crippen molar-refractivity contribution in [2.45, 2.75) is 25.3 Å². The Balaban J connectivity index is 1.62. The first kappa shape index (κ1) is 26.2. The number of halogens is 1. The first-order valence-electron chi connectivity index (χ1n) is 10.6. The van der Waals surface area contributed by atoms with Crippen molar-refractivity contribution in [3.63, 3.8) is 0 Å². The molecule has 2 aromatic carbocycles. The summed E-state index contributed by atoms with van der Waals surface area (Å²) in [6.07, 6.45) is 1.05. The van der Waals surface area contributed by atoms with Gasteiger partial charge >= 0.3 is 6.03 Å². The molecule has 0 radical (unpaired) electrons. The second-order valence-corrected chi connectivity index (χ2v) is 9.72. The number of anilines is 2. The Hall–Kier alpha value is -3.39. The third-order valence-corrected chi connectivity index (χ3v) is 6.11. The zero-order valence-corrected chi connectivity index (χ0v) is 20.2. The van der Waals surface area contributed by atoms with Gasteiger partial charge in [0.25, 0.3) is 10.2 Å². The lowest BCUT2D eigenvalue weighted by Crippen LogP contribution is -2.45. The number of carbonyl (C=O) groups excluding carboxylic acids is 2. The summed E-state index contributed by atoms with van der Waals surface area (Å²) in [4.78, 5) is 29.8. The minimum Gasteiger partial charge on any atom is -0.326 e. The summed E-state index contributed by atoms with van der Waals surface area (Å²) < 4.78 is 37.3. The van der Waals surface area contributed by atoms with E-state index in [1.54, 1.807) is 0 Å². The molecule has 186 valence electrons. The van der Waals surface area contributed by atoms with Gasteiger partial charge in [0.15, 0.2) is 5.13 Å². The minimum atomic E-state index is -3.80. The number of nitrogens with two attached hydrogens (primary N) is 1. The number of hydrogen-bond donors (Lipinski definition) is 5. The molecule has 10 nitrogen and oxygen atoms in total. The van der Waals surface area contributed by atoms with E-state index in [9.17, 15) is 22.4 Å². The largest absolute Gasteiger partial charge is 0.326 e. The molecule has 0 saturated carbocycles. The fraction of sp³-hybridized carbons (Fsp3) is 0.227. The molecule has 0 aliphatic rings. The Morgan fingerprint density at radius 1 is 1.03 bits per heavy atom. The van der Waals surface area contributed by atoms with Crippen LogP contribution in [0.1, 0.15) is 19.3 Å². The van der Waals surface area contributed by atoms with Crippen LogP contribution in [0.2, 0.25) is 0 Å². The van der Waals surface area contributed by atoms with Crippen LogP contribution in [-0.4, -0.2) is 37.9 Å². The van der Waals surface area contributed by atoms with Crippen molar-refractivity contribution in [2.75, 3.05) is 17.2 Å². The number of carbonyl (C=O) groups is 2. The fourth-order valence-corrected chi connectivity index (χ4v) is 4.23. The Bertz CT molecular complexity index is 1240. The van der Waals surface area contributed by atoms with Crippen LogP contribution >= 0.6 is 11.3 Å². The van der Waals surface area contributed by atoms with Gasteiger partial charge < -0.3 is 16.0 Å². The predicted molar refractivity (Wildman–Crippen MR) is 133 cm³/mol. The van der Waals surface area contributed by atoms with Gasteiger partial charge in [-0.05, 0) is 43.5 Å². The Labute approximate surface area is 206 Å². The number of unbranched alkanes of at least 4 members (excludes halogenated alkanes) is 1. The van der Waals surface area contributed by atoms with Crippen LogP contribution in [0, 0.1) is 5.82 Å². The van der Waals surface area contributed by atoms with E-state index in [-0.39, 0.29) is 13.0 Å². The molecule has 0 aliphatic heterocycles. The van der Waals surface area contributed by atoms with Crippen LogP contribution in [0.25, 0.3) is 11.3 Å². The molecule has 1 atom stereocenters. The molecule has 1 heterocycles. The molecule has 0 spiro atoms. The quantitative estimate of drug-likeness (QED) is 0.246. The lowest BCUT2D eigenvalue weighted by molar-refractivity contribution is -0.118. The van der Waals surface area contributed by atoms with Crippen LogP contribution < -0.4 is 25.8 Å². The number of nitrogens with zero attached hydrogens (tertiary/aromatic N) is 1. The molecule has 1 aromatic heterocycles. The molecule has 6 N–H and O–H groups in total. The maximum Gasteiger partial charge on any atom is 0.319 e. The summed E-state index contributed by atoms with van der Waals surface area (Å²) in [6.45, 7) is 0.0991. The van der Waals surface area contributed by atoms with Gasteiger partial charge in [0.2, 0.25) is 5.91 Å². The SMILES string of the molecule is NS(=O)(=O)NCCCC[C@H](NC(=O)Nc1ccc(F)cc1)C(=O)Nc1nc(-c2ccccc2)cs1. The van der Waals surface area contributed by atoms with Gasteiger partial charge in [0.05, 0.1) is 5.69 Å². The van der Waals surface area contributed by atoms with Crippen LogP contribution in [0.4, 0.5) is 20.0 Å². The average molecular weight is 521 g/mol. The lowest BCUT2D eigenvalue weighted by Gasteiger charge is -2.18. The first-order valence-corrected chi connectivity index (χ1v) is 13.0. The normalized spacial score (nSPS) is 12.1. The molecule has 3 aromatic rings. The highest BCUT2D eigenvalue weighted by atomic mass is 32.2. The molecule has 3 rings (SSSR count). The van der Waals surface area contributed by atoms with Gasteiger partial charge in [-0.3, -0.25) is 4.79 Å². The van der Waals surface area contributed by atoms with Crippen LogP contribution in [0.15, 0.2) is 60.0 Å². The monoisotopic (exact) mass is 520 g/mol. The smallest absolute Gasteiger partial charge is 0.319 e. The van der Waals surface area contributed by atoms with Gasteiger partial charge in [-0.15, -0.1) is 11.3 Å². The average Bonchev–Trinajstić information content (AvgIpc) is 3.28. The summed E-state index contributed by atoms with van der Waals surface area (Å²) in [6, 6.07) is 13.1. The minimum absolute atomic E-state index is 0.0991. The van der Waals surface area contributed by atoms with Crippen LogP contribution in [-0.2, 0) is 15.0 Å². The van der Waals surface area contributed by atoms with Crippen molar-refractivity contribution in [2.24, 2.45) is 5.14 Å². The van der Waals surface area contributed by atoms with Crippen molar-refractivity contribution in [3.05, 3.63) is 65.8 Å². The topological polar surface area (TPSA) is 155 Å². The second kappa shape index (κ2) is 12.4. The zero-order valence-electron chi connectivity index (χ0n) is 18.5. The Kier molecular flexibility index (Phi) is 9.25. The maximum atomic E-state index is 13.1. The number of benzene rings is 2. The molecule has 3 amide bonds. The lowest BCUT2D eigenvalue weighted by atomic mass is 10.1. The number of nitrogens with one attached hydrogen (secondary N) is 4. The van der Waals surface area contributed by atoms with E-state index in [2.05, 4.69) is 25.7 Å². The second-order valence-electron chi connectivity index (χ2n) is 7.49. The van der Waals surface area contributed by atoms with Crippen LogP contribution in [0.5, 0.6) is 0 Å². The molecule has 0 saturated heterocycles. The molecule has 0 unspecified atom stereocenters. The molecular weight excluding hydrogens is 495 g/mol. The van der Waals surface area contributed by atoms with Crippen molar-refractivity contribution < 1.29 is 22.4 Å². The van der Waals surface area contributed by atoms with Crippen molar-refractivity contribution in [1.29, 1.82) is 0 Å². The maximum absolute atomic E-state index is 13.1. The standard InChI is InChI=1S/C22H25FN6O4S2/c23-16-9-11-17(12-10-16)26-21(31)27-18(8-4-5-13-25-35(24,32)33)20(30)29-22-28-19(14-34-22)15-6-2-1-3-7-15/h1-3,6-7,9-12,14,18,25H,4-5,8,13H2,(H2,24,32,33)(H2,26,27,31)(H,28,29,30)/t18-/m0/s1. The van der Waals surface area contributed by atoms with E-state index in [4.69, 9.17) is 5.14 Å². The van der Waals surface area contributed by atoms with E-state index in [1.165, 1.54) is 35.6 Å². The summed E-state index contributed by atoms with van der Waals surface area (Å²) >= 11 is 1.25. The van der Waals surface area contributed by atoms with E-state index in [1.807, 2.05) is 35.7 Å². The Morgan fingerprint density at radius 3 is 2.43 bits per heavy atom. The summed E-state index contributed by atoms with van der Waals surface area (Å²) in [5.41, 5.74) is 1.96. The predicted octanol–water partition coefficient (Wildman–Crippen LogP) is 3.04. The number of urea groups is 1. The molecule has 13 heteroatoms. The molecule has 35 heavy (non-hydrogen) atoms. The number of rotatable bonds is 11. The molecule has 0 fully saturated rings. The van der Waals surface area contributed by atoms with E-state index in [0.29, 0.717) is 29.4 Å². The number of amides is 3. The zero-order chi connectivity index (χ0) is 25.3. The summed E-state index contributed by atoms with van der Waals surface area (Å²) in [7, 11) is -3.80. The van der Waals surface area contributed by atoms with Gasteiger partial charge in [-0.25, -0.2) is 24.0 Å². The van der Waals surface area contributed by atoms with Crippen LogP contribution in [0.3, 0.4) is 0 Å². The number of hydrogen-bond acceptors (Lipinski definition) is 6. The van der Waals surface area contributed by atoms with Gasteiger partial charge in [0.1, 0.15) is 11.9 Å². The third-order valence-electron chi connectivity index (χ3n) is 4.75. The fourth-order valence-electron chi connectivity index (χ4n) is 3.08. The summed E-state index contributed by atoms with van der Waals surface area (Å²) in [5, 5.41) is 15.0. The van der Waals surface area contributed by atoms with Gasteiger partial charge in [-0.2, -0.15) is 8.42 Å². The Morgan fingerprint density at radius 2 is 1.74 bits per heavy atom. The highest BCUT2D eigenvalue weighted by molar-refractivity contribution is 7.87. The first-order chi connectivity index (χ1) is 16.7. The van der Waals surface area contributed by atoms with E-state index >= 15 is 0 Å². The number of thiazole rings is 1. The van der Waals surface area contributed by atoms with Gasteiger partial charge in [0, 0.05) is 23.2 Å². The van der Waals surface area contributed by atoms with E-state index < -0.39 is 34.0 Å². The van der Waals surface area contributed by atoms with Crippen molar-refractivity contribution >= 4 is 44.3 Å². The van der Waals surface area contributed by atoms with Crippen molar-refractivity contribution in [3.8, 4) is 11.3 Å². The molecular formula is C22H25FN6O4S2.